The molecule has 10 heteroatoms. The first kappa shape index (κ1) is 23.3. The lowest BCUT2D eigenvalue weighted by Crippen LogP contribution is -2.49. The Morgan fingerprint density at radius 1 is 1.26 bits per heavy atom. The molecule has 34 heavy (non-hydrogen) atoms. The molecule has 2 unspecified atom stereocenters. The van der Waals surface area contributed by atoms with Crippen LogP contribution in [-0.2, 0) is 17.7 Å². The highest BCUT2D eigenvalue weighted by molar-refractivity contribution is 6.30. The predicted octanol–water partition coefficient (Wildman–Crippen LogP) is 3.03. The summed E-state index contributed by atoms with van der Waals surface area (Å²) in [5.74, 6) is 0.168. The van der Waals surface area contributed by atoms with Gasteiger partial charge in [0, 0.05) is 51.0 Å². The van der Waals surface area contributed by atoms with Crippen molar-refractivity contribution < 1.29 is 13.9 Å². The molecule has 182 valence electrons. The fraction of sp³-hybridized carbons (Fsp3) is 0.542. The Hall–Kier alpha value is -2.49. The minimum Gasteiger partial charge on any atom is -0.381 e. The van der Waals surface area contributed by atoms with Crippen LogP contribution in [0.1, 0.15) is 35.6 Å². The van der Waals surface area contributed by atoms with Crippen LogP contribution in [-0.4, -0.2) is 77.8 Å². The summed E-state index contributed by atoms with van der Waals surface area (Å²) in [6.07, 6.45) is 4.46. The minimum absolute atomic E-state index is 0.00426. The molecule has 0 radical (unpaired) electrons. The number of hydrogen-bond acceptors (Lipinski definition) is 6. The molecule has 2 fully saturated rings. The zero-order valence-electron chi connectivity index (χ0n) is 19.3. The quantitative estimate of drug-likeness (QED) is 0.688. The van der Waals surface area contributed by atoms with E-state index in [1.807, 2.05) is 19.3 Å². The molecule has 0 aliphatic carbocycles. The summed E-state index contributed by atoms with van der Waals surface area (Å²) < 4.78 is 19.5. The molecule has 0 bridgehead atoms. The van der Waals surface area contributed by atoms with Gasteiger partial charge in [0.2, 0.25) is 5.95 Å². The number of nitrogens with zero attached hydrogens (tertiary/aromatic N) is 4. The SMILES string of the molecule is CN1CC(NC(=O)N2CCc3cnc(NC4CCOCC4)nc3C2)C(c2ccc(Cl)c(F)c2)C1. The van der Waals surface area contributed by atoms with Crippen molar-refractivity contribution >= 4 is 23.6 Å². The van der Waals surface area contributed by atoms with E-state index in [-0.39, 0.29) is 23.0 Å². The molecule has 5 rings (SSSR count). The Morgan fingerprint density at radius 2 is 2.09 bits per heavy atom. The van der Waals surface area contributed by atoms with Gasteiger partial charge in [0.15, 0.2) is 0 Å². The van der Waals surface area contributed by atoms with E-state index >= 15 is 0 Å². The summed E-state index contributed by atoms with van der Waals surface area (Å²) in [5, 5.41) is 6.70. The van der Waals surface area contributed by atoms with Crippen molar-refractivity contribution in [3.8, 4) is 0 Å². The normalized spacial score (nSPS) is 23.6. The first-order chi connectivity index (χ1) is 16.5. The molecule has 2 saturated heterocycles. The fourth-order valence-electron chi connectivity index (χ4n) is 5.05. The average molecular weight is 489 g/mol. The van der Waals surface area contributed by atoms with Crippen LogP contribution in [0.25, 0.3) is 0 Å². The van der Waals surface area contributed by atoms with Gasteiger partial charge in [0.25, 0.3) is 0 Å². The molecule has 3 aliphatic rings. The third-order valence-electron chi connectivity index (χ3n) is 6.97. The van der Waals surface area contributed by atoms with Crippen molar-refractivity contribution in [2.75, 3.05) is 45.2 Å². The molecule has 1 aromatic heterocycles. The maximum atomic E-state index is 14.1. The summed E-state index contributed by atoms with van der Waals surface area (Å²) in [6, 6.07) is 4.97. The van der Waals surface area contributed by atoms with E-state index in [1.165, 1.54) is 6.07 Å². The van der Waals surface area contributed by atoms with E-state index in [1.54, 1.807) is 11.0 Å². The second-order valence-corrected chi connectivity index (χ2v) is 9.83. The van der Waals surface area contributed by atoms with Gasteiger partial charge < -0.3 is 25.2 Å². The lowest BCUT2D eigenvalue weighted by atomic mass is 9.94. The second-order valence-electron chi connectivity index (χ2n) is 9.43. The van der Waals surface area contributed by atoms with Gasteiger partial charge in [-0.05, 0) is 49.6 Å². The Morgan fingerprint density at radius 3 is 2.88 bits per heavy atom. The van der Waals surface area contributed by atoms with Crippen LogP contribution in [0.15, 0.2) is 24.4 Å². The summed E-state index contributed by atoms with van der Waals surface area (Å²) in [5.41, 5.74) is 2.81. The van der Waals surface area contributed by atoms with Crippen LogP contribution >= 0.6 is 11.6 Å². The molecule has 8 nitrogen and oxygen atoms in total. The number of aromatic nitrogens is 2. The van der Waals surface area contributed by atoms with E-state index in [4.69, 9.17) is 21.3 Å². The third kappa shape index (κ3) is 5.11. The van der Waals surface area contributed by atoms with Crippen molar-refractivity contribution in [1.82, 2.24) is 25.1 Å². The highest BCUT2D eigenvalue weighted by atomic mass is 35.5. The van der Waals surface area contributed by atoms with Gasteiger partial charge in [-0.15, -0.1) is 0 Å². The summed E-state index contributed by atoms with van der Waals surface area (Å²) in [4.78, 5) is 26.3. The van der Waals surface area contributed by atoms with Gasteiger partial charge in [0.1, 0.15) is 5.82 Å². The number of fused-ring (bicyclic) bond motifs is 1. The van der Waals surface area contributed by atoms with Crippen LogP contribution in [0.2, 0.25) is 5.02 Å². The molecule has 2 aromatic rings. The van der Waals surface area contributed by atoms with Crippen LogP contribution < -0.4 is 10.6 Å². The largest absolute Gasteiger partial charge is 0.381 e. The standard InChI is InChI=1S/C24H30ClFN6O2/c1-31-12-18(15-2-3-19(25)20(26)10-15)22(13-31)30-24(33)32-7-4-16-11-27-23(29-21(16)14-32)28-17-5-8-34-9-6-17/h2-3,10-11,17-18,22H,4-9,12-14H2,1H3,(H,30,33)(H,27,28,29). The van der Waals surface area contributed by atoms with Gasteiger partial charge >= 0.3 is 6.03 Å². The lowest BCUT2D eigenvalue weighted by Gasteiger charge is -2.31. The zero-order chi connectivity index (χ0) is 23.7. The number of amides is 2. The molecule has 2 atom stereocenters. The molecule has 3 aliphatic heterocycles. The zero-order valence-corrected chi connectivity index (χ0v) is 20.0. The van der Waals surface area contributed by atoms with Crippen LogP contribution in [0, 0.1) is 5.82 Å². The Balaban J connectivity index is 1.24. The summed E-state index contributed by atoms with van der Waals surface area (Å²) in [6.45, 7) is 3.98. The van der Waals surface area contributed by atoms with Gasteiger partial charge in [-0.1, -0.05) is 17.7 Å². The molecular formula is C24H30ClFN6O2. The lowest BCUT2D eigenvalue weighted by molar-refractivity contribution is 0.0903. The number of hydrogen-bond donors (Lipinski definition) is 2. The van der Waals surface area contributed by atoms with Crippen molar-refractivity contribution in [2.45, 2.75) is 43.8 Å². The van der Waals surface area contributed by atoms with Crippen LogP contribution in [0.3, 0.4) is 0 Å². The number of nitrogens with one attached hydrogen (secondary N) is 2. The number of carbonyl (C=O) groups is 1. The number of carbonyl (C=O) groups excluding carboxylic acids is 1. The molecular weight excluding hydrogens is 459 g/mol. The molecule has 0 spiro atoms. The van der Waals surface area contributed by atoms with E-state index in [0.717, 1.165) is 55.8 Å². The second kappa shape index (κ2) is 10.0. The number of urea groups is 1. The van der Waals surface area contributed by atoms with E-state index in [9.17, 15) is 9.18 Å². The van der Waals surface area contributed by atoms with Crippen molar-refractivity contribution in [3.05, 3.63) is 52.1 Å². The number of rotatable bonds is 4. The maximum Gasteiger partial charge on any atom is 0.318 e. The monoisotopic (exact) mass is 488 g/mol. The van der Waals surface area contributed by atoms with Crippen molar-refractivity contribution in [2.24, 2.45) is 0 Å². The van der Waals surface area contributed by atoms with Gasteiger partial charge in [0.05, 0.1) is 23.3 Å². The summed E-state index contributed by atoms with van der Waals surface area (Å²) in [7, 11) is 2.01. The number of ether oxygens (including phenoxy) is 1. The highest BCUT2D eigenvalue weighted by Gasteiger charge is 2.35. The van der Waals surface area contributed by atoms with Crippen LogP contribution in [0.4, 0.5) is 15.1 Å². The molecule has 2 amide bonds. The molecule has 2 N–H and O–H groups in total. The highest BCUT2D eigenvalue weighted by Crippen LogP contribution is 2.30. The van der Waals surface area contributed by atoms with Gasteiger partial charge in [-0.25, -0.2) is 19.2 Å². The Kier molecular flexibility index (Phi) is 6.85. The Bertz CT molecular complexity index is 1050. The number of benzene rings is 1. The van der Waals surface area contributed by atoms with E-state index in [0.29, 0.717) is 31.6 Å². The molecule has 1 aromatic carbocycles. The molecule has 0 saturated carbocycles. The number of anilines is 1. The van der Waals surface area contributed by atoms with E-state index in [2.05, 4.69) is 20.5 Å². The first-order valence-electron chi connectivity index (χ1n) is 11.8. The van der Waals surface area contributed by atoms with Crippen molar-refractivity contribution in [1.29, 1.82) is 0 Å². The third-order valence-corrected chi connectivity index (χ3v) is 7.28. The van der Waals surface area contributed by atoms with E-state index < -0.39 is 5.82 Å². The summed E-state index contributed by atoms with van der Waals surface area (Å²) >= 11 is 5.86. The number of halogens is 2. The van der Waals surface area contributed by atoms with Crippen LogP contribution in [0.5, 0.6) is 0 Å². The predicted molar refractivity (Wildman–Crippen MR) is 128 cm³/mol. The Labute approximate surface area is 203 Å². The fourth-order valence-corrected chi connectivity index (χ4v) is 5.17. The first-order valence-corrected chi connectivity index (χ1v) is 12.2. The topological polar surface area (TPSA) is 82.6 Å². The number of likely N-dealkylation sites (tertiary alicyclic amines) is 1. The van der Waals surface area contributed by atoms with Crippen molar-refractivity contribution in [3.63, 3.8) is 0 Å². The molecule has 4 heterocycles. The minimum atomic E-state index is -0.434. The van der Waals surface area contributed by atoms with Gasteiger partial charge in [-0.2, -0.15) is 0 Å². The number of likely N-dealkylation sites (N-methyl/N-ethyl adjacent to an activating group) is 1. The maximum absolute atomic E-state index is 14.1. The average Bonchev–Trinajstić information content (AvgIpc) is 3.20. The smallest absolute Gasteiger partial charge is 0.318 e. The van der Waals surface area contributed by atoms with Gasteiger partial charge in [-0.3, -0.25) is 0 Å².